The number of carboxylic acid groups (broad SMARTS) is 1. The third-order valence-electron chi connectivity index (χ3n) is 6.95. The number of carboxylic acids is 1. The van der Waals surface area contributed by atoms with Gasteiger partial charge < -0.3 is 20.1 Å². The maximum absolute atomic E-state index is 12.8. The second-order valence-corrected chi connectivity index (χ2v) is 9.86. The number of hydrogen-bond donors (Lipinski definition) is 2. The van der Waals surface area contributed by atoms with Crippen molar-refractivity contribution in [1.82, 2.24) is 10.2 Å². The molecule has 1 unspecified atom stereocenters. The summed E-state index contributed by atoms with van der Waals surface area (Å²) in [4.78, 5) is 38.9. The maximum atomic E-state index is 12.8. The molecule has 1 fully saturated rings. The first-order chi connectivity index (χ1) is 16.6. The SMILES string of the molecule is CCC1(c2cccc(OC(=O)c3ccc(C(=O)N[C@H](C(=O)O)C(C)C)cc3)c2)CCCCN(C)C1. The molecule has 1 aliphatic rings. The van der Waals surface area contributed by atoms with Crippen molar-refractivity contribution in [3.8, 4) is 5.75 Å². The van der Waals surface area contributed by atoms with Gasteiger partial charge in [0.25, 0.3) is 5.91 Å². The van der Waals surface area contributed by atoms with Gasteiger partial charge in [-0.1, -0.05) is 39.3 Å². The molecule has 0 aromatic heterocycles. The molecule has 1 amide bonds. The first-order valence-corrected chi connectivity index (χ1v) is 12.3. The van der Waals surface area contributed by atoms with Crippen LogP contribution in [0.25, 0.3) is 0 Å². The van der Waals surface area contributed by atoms with Gasteiger partial charge in [-0.15, -0.1) is 0 Å². The van der Waals surface area contributed by atoms with Crippen molar-refractivity contribution < 1.29 is 24.2 Å². The third kappa shape index (κ3) is 6.48. The van der Waals surface area contributed by atoms with Crippen molar-refractivity contribution in [2.45, 2.75) is 57.9 Å². The number of aliphatic carboxylic acids is 1. The number of carbonyl (C=O) groups is 3. The number of esters is 1. The molecule has 2 aromatic carbocycles. The molecule has 2 atom stereocenters. The van der Waals surface area contributed by atoms with E-state index in [4.69, 9.17) is 4.74 Å². The summed E-state index contributed by atoms with van der Waals surface area (Å²) in [6.07, 6.45) is 4.48. The maximum Gasteiger partial charge on any atom is 0.343 e. The summed E-state index contributed by atoms with van der Waals surface area (Å²) in [7, 11) is 2.16. The summed E-state index contributed by atoms with van der Waals surface area (Å²) in [6, 6.07) is 12.8. The van der Waals surface area contributed by atoms with Crippen LogP contribution in [0, 0.1) is 5.92 Å². The normalized spacial score (nSPS) is 19.6. The minimum atomic E-state index is -1.09. The Hall–Kier alpha value is -3.19. The molecule has 35 heavy (non-hydrogen) atoms. The Labute approximate surface area is 207 Å². The quantitative estimate of drug-likeness (QED) is 0.426. The highest BCUT2D eigenvalue weighted by atomic mass is 16.5. The molecule has 7 nitrogen and oxygen atoms in total. The average molecular weight is 481 g/mol. The van der Waals surface area contributed by atoms with Crippen molar-refractivity contribution >= 4 is 17.8 Å². The van der Waals surface area contributed by atoms with E-state index in [1.807, 2.05) is 12.1 Å². The van der Waals surface area contributed by atoms with Crippen LogP contribution >= 0.6 is 0 Å². The second-order valence-electron chi connectivity index (χ2n) is 9.86. The summed E-state index contributed by atoms with van der Waals surface area (Å²) < 4.78 is 5.68. The minimum Gasteiger partial charge on any atom is -0.480 e. The molecular weight excluding hydrogens is 444 g/mol. The third-order valence-corrected chi connectivity index (χ3v) is 6.95. The van der Waals surface area contributed by atoms with Crippen molar-refractivity contribution in [3.05, 3.63) is 65.2 Å². The number of rotatable bonds is 8. The lowest BCUT2D eigenvalue weighted by molar-refractivity contribution is -0.140. The molecule has 7 heteroatoms. The second kappa shape index (κ2) is 11.5. The number of benzene rings is 2. The van der Waals surface area contributed by atoms with Crippen molar-refractivity contribution in [1.29, 1.82) is 0 Å². The smallest absolute Gasteiger partial charge is 0.343 e. The van der Waals surface area contributed by atoms with Gasteiger partial charge >= 0.3 is 11.9 Å². The van der Waals surface area contributed by atoms with Crippen LogP contribution in [-0.4, -0.2) is 54.0 Å². The zero-order chi connectivity index (χ0) is 25.6. The fourth-order valence-electron chi connectivity index (χ4n) is 4.80. The van der Waals surface area contributed by atoms with Crippen LogP contribution in [-0.2, 0) is 10.2 Å². The Kier molecular flexibility index (Phi) is 8.67. The zero-order valence-electron chi connectivity index (χ0n) is 21.0. The highest BCUT2D eigenvalue weighted by Crippen LogP contribution is 2.37. The van der Waals surface area contributed by atoms with Crippen LogP contribution in [0.4, 0.5) is 0 Å². The van der Waals surface area contributed by atoms with Gasteiger partial charge in [0.2, 0.25) is 0 Å². The number of nitrogens with one attached hydrogen (secondary N) is 1. The fourth-order valence-corrected chi connectivity index (χ4v) is 4.80. The molecule has 0 saturated carbocycles. The van der Waals surface area contributed by atoms with E-state index in [1.165, 1.54) is 42.7 Å². The Morgan fingerprint density at radius 1 is 1.09 bits per heavy atom. The molecule has 2 N–H and O–H groups in total. The number of nitrogens with zero attached hydrogens (tertiary/aromatic N) is 1. The van der Waals surface area contributed by atoms with Gasteiger partial charge in [0, 0.05) is 17.5 Å². The van der Waals surface area contributed by atoms with Gasteiger partial charge in [-0.3, -0.25) is 4.79 Å². The predicted octanol–water partition coefficient (Wildman–Crippen LogP) is 4.51. The zero-order valence-corrected chi connectivity index (χ0v) is 21.0. The Morgan fingerprint density at radius 2 is 1.77 bits per heavy atom. The highest BCUT2D eigenvalue weighted by molar-refractivity contribution is 5.98. The lowest BCUT2D eigenvalue weighted by Gasteiger charge is -2.35. The van der Waals surface area contributed by atoms with E-state index < -0.39 is 23.9 Å². The summed E-state index contributed by atoms with van der Waals surface area (Å²) in [6.45, 7) is 7.74. The molecule has 1 aliphatic heterocycles. The molecule has 0 aliphatic carbocycles. The van der Waals surface area contributed by atoms with E-state index >= 15 is 0 Å². The lowest BCUT2D eigenvalue weighted by atomic mass is 9.74. The van der Waals surface area contributed by atoms with Gasteiger partial charge in [0.05, 0.1) is 5.56 Å². The molecule has 1 saturated heterocycles. The monoisotopic (exact) mass is 480 g/mol. The molecule has 0 bridgehead atoms. The minimum absolute atomic E-state index is 0.0342. The van der Waals surface area contributed by atoms with Crippen LogP contribution in [0.3, 0.4) is 0 Å². The molecule has 3 rings (SSSR count). The van der Waals surface area contributed by atoms with Crippen LogP contribution in [0.1, 0.15) is 72.7 Å². The van der Waals surface area contributed by atoms with Crippen molar-refractivity contribution in [2.75, 3.05) is 20.1 Å². The largest absolute Gasteiger partial charge is 0.480 e. The number of carbonyl (C=O) groups excluding carboxylic acids is 2. The number of amides is 1. The first-order valence-electron chi connectivity index (χ1n) is 12.3. The summed E-state index contributed by atoms with van der Waals surface area (Å²) >= 11 is 0. The molecular formula is C28H36N2O5. The standard InChI is InChI=1S/C28H36N2O5/c1-5-28(15-6-7-16-30(4)18-28)22-9-8-10-23(17-22)35-27(34)21-13-11-20(12-14-21)25(31)29-24(19(2)3)26(32)33/h8-14,17,19,24H,5-7,15-16,18H2,1-4H3,(H,29,31)(H,32,33)/t24-,28?/m0/s1. The van der Waals surface area contributed by atoms with Gasteiger partial charge in [-0.25, -0.2) is 9.59 Å². The average Bonchev–Trinajstić information content (AvgIpc) is 3.04. The van der Waals surface area contributed by atoms with Gasteiger partial charge in [0.15, 0.2) is 0 Å². The lowest BCUT2D eigenvalue weighted by Crippen LogP contribution is -2.44. The van der Waals surface area contributed by atoms with E-state index in [0.29, 0.717) is 11.3 Å². The topological polar surface area (TPSA) is 95.9 Å². The Balaban J connectivity index is 1.71. The molecule has 1 heterocycles. The Bertz CT molecular complexity index is 1050. The first kappa shape index (κ1) is 26.4. The number of likely N-dealkylation sites (N-methyl/N-ethyl adjacent to an activating group) is 1. The molecule has 0 radical (unpaired) electrons. The predicted molar refractivity (Wildman–Crippen MR) is 135 cm³/mol. The van der Waals surface area contributed by atoms with Crippen LogP contribution in [0.5, 0.6) is 5.75 Å². The van der Waals surface area contributed by atoms with Gasteiger partial charge in [0.1, 0.15) is 11.8 Å². The molecule has 0 spiro atoms. The summed E-state index contributed by atoms with van der Waals surface area (Å²) in [5, 5.41) is 11.8. The van der Waals surface area contributed by atoms with E-state index in [9.17, 15) is 19.5 Å². The summed E-state index contributed by atoms with van der Waals surface area (Å²) in [5.41, 5.74) is 1.80. The van der Waals surface area contributed by atoms with E-state index in [1.54, 1.807) is 19.9 Å². The van der Waals surface area contributed by atoms with Crippen molar-refractivity contribution in [3.63, 3.8) is 0 Å². The molecule has 188 valence electrons. The molecule has 2 aromatic rings. The highest BCUT2D eigenvalue weighted by Gasteiger charge is 2.33. The summed E-state index contributed by atoms with van der Waals surface area (Å²) in [5.74, 6) is -1.86. The van der Waals surface area contributed by atoms with Gasteiger partial charge in [-0.05, 0) is 80.7 Å². The fraction of sp³-hybridized carbons (Fsp3) is 0.464. The van der Waals surface area contributed by atoms with E-state index in [2.05, 4.69) is 30.3 Å². The van der Waals surface area contributed by atoms with Crippen LogP contribution < -0.4 is 10.1 Å². The van der Waals surface area contributed by atoms with Crippen LogP contribution in [0.2, 0.25) is 0 Å². The number of ether oxygens (including phenoxy) is 1. The van der Waals surface area contributed by atoms with E-state index in [0.717, 1.165) is 25.9 Å². The number of likely N-dealkylation sites (tertiary alicyclic amines) is 1. The number of hydrogen-bond acceptors (Lipinski definition) is 5. The van der Waals surface area contributed by atoms with Crippen molar-refractivity contribution in [2.24, 2.45) is 5.92 Å². The van der Waals surface area contributed by atoms with Gasteiger partial charge in [-0.2, -0.15) is 0 Å². The Morgan fingerprint density at radius 3 is 2.40 bits per heavy atom. The van der Waals surface area contributed by atoms with Crippen LogP contribution in [0.15, 0.2) is 48.5 Å². The van der Waals surface area contributed by atoms with E-state index in [-0.39, 0.29) is 16.9 Å².